The Morgan fingerprint density at radius 3 is 2.46 bits per heavy atom. The Hall–Kier alpha value is -3.09. The van der Waals surface area contributed by atoms with Crippen molar-refractivity contribution in [1.82, 2.24) is 0 Å². The highest BCUT2D eigenvalue weighted by Crippen LogP contribution is 2.47. The van der Waals surface area contributed by atoms with E-state index in [1.165, 1.54) is 33.5 Å². The third kappa shape index (κ3) is 2.96. The molecule has 2 aromatic carbocycles. The first-order valence-corrected chi connectivity index (χ1v) is 8.01. The molecule has 0 unspecified atom stereocenters. The number of carbonyl (C=O) groups excluding carboxylic acids is 1. The zero-order valence-electron chi connectivity index (χ0n) is 14.7. The molecule has 7 heteroatoms. The van der Waals surface area contributed by atoms with E-state index in [0.717, 1.165) is 5.56 Å². The van der Waals surface area contributed by atoms with Gasteiger partial charge in [0.05, 0.1) is 33.9 Å². The van der Waals surface area contributed by atoms with E-state index in [1.54, 1.807) is 12.1 Å². The number of ketones is 1. The number of Topliss-reactive ketones (excluding diaryl/α,β-unsaturated/α-hetero) is 1. The van der Waals surface area contributed by atoms with Gasteiger partial charge in [-0.3, -0.25) is 4.79 Å². The second-order valence-corrected chi connectivity index (χ2v) is 5.92. The lowest BCUT2D eigenvalue weighted by molar-refractivity contribution is 0.0823. The van der Waals surface area contributed by atoms with Crippen molar-refractivity contribution in [1.29, 1.82) is 0 Å². The van der Waals surface area contributed by atoms with E-state index >= 15 is 0 Å². The first-order chi connectivity index (χ1) is 12.5. The number of phenols is 2. The molecule has 0 amide bonds. The zero-order valence-corrected chi connectivity index (χ0v) is 14.7. The van der Waals surface area contributed by atoms with Crippen LogP contribution in [0, 0.1) is 5.92 Å². The van der Waals surface area contributed by atoms with Crippen LogP contribution in [0.25, 0.3) is 0 Å². The number of rotatable bonds is 5. The van der Waals surface area contributed by atoms with E-state index < -0.39 is 5.92 Å². The van der Waals surface area contributed by atoms with Gasteiger partial charge < -0.3 is 29.2 Å². The van der Waals surface area contributed by atoms with E-state index in [2.05, 4.69) is 0 Å². The van der Waals surface area contributed by atoms with E-state index in [9.17, 15) is 15.0 Å². The van der Waals surface area contributed by atoms with Gasteiger partial charge in [-0.05, 0) is 24.1 Å². The predicted octanol–water partition coefficient (Wildman–Crippen LogP) is 2.56. The van der Waals surface area contributed by atoms with Crippen LogP contribution in [0.4, 0.5) is 0 Å². The van der Waals surface area contributed by atoms with Gasteiger partial charge >= 0.3 is 0 Å². The molecule has 0 radical (unpaired) electrons. The number of carbonyl (C=O) groups is 1. The Balaban J connectivity index is 1.94. The largest absolute Gasteiger partial charge is 0.504 e. The van der Waals surface area contributed by atoms with E-state index in [1.807, 2.05) is 0 Å². The second kappa shape index (κ2) is 7.03. The number of hydrogen-bond donors (Lipinski definition) is 2. The van der Waals surface area contributed by atoms with Crippen molar-refractivity contribution < 1.29 is 34.0 Å². The van der Waals surface area contributed by atoms with Gasteiger partial charge in [-0.1, -0.05) is 6.07 Å². The molecular formula is C19H20O7. The number of ether oxygens (including phenoxy) is 4. The number of methoxy groups -OCH3 is 3. The van der Waals surface area contributed by atoms with Crippen LogP contribution in [0.3, 0.4) is 0 Å². The summed E-state index contributed by atoms with van der Waals surface area (Å²) in [4.78, 5) is 13.0. The SMILES string of the molecule is COc1cc(C[C@@H]2COc3cc(OC)c(O)c(OC)c3C2=O)ccc1O. The van der Waals surface area contributed by atoms with Crippen LogP contribution in [-0.2, 0) is 6.42 Å². The van der Waals surface area contributed by atoms with Gasteiger partial charge in [0.25, 0.3) is 0 Å². The maximum atomic E-state index is 13.0. The molecule has 26 heavy (non-hydrogen) atoms. The molecule has 2 N–H and O–H groups in total. The van der Waals surface area contributed by atoms with Crippen LogP contribution in [0.2, 0.25) is 0 Å². The van der Waals surface area contributed by atoms with Crippen LogP contribution >= 0.6 is 0 Å². The summed E-state index contributed by atoms with van der Waals surface area (Å²) in [6, 6.07) is 6.41. The average molecular weight is 360 g/mol. The van der Waals surface area contributed by atoms with Crippen LogP contribution in [-0.4, -0.2) is 43.9 Å². The molecule has 138 valence electrons. The normalized spacial score (nSPS) is 15.8. The van der Waals surface area contributed by atoms with Gasteiger partial charge in [0.15, 0.2) is 28.8 Å². The molecule has 1 aliphatic heterocycles. The first-order valence-electron chi connectivity index (χ1n) is 8.01. The fourth-order valence-corrected chi connectivity index (χ4v) is 3.06. The van der Waals surface area contributed by atoms with Crippen LogP contribution < -0.4 is 18.9 Å². The van der Waals surface area contributed by atoms with Crippen molar-refractivity contribution in [3.05, 3.63) is 35.4 Å². The highest BCUT2D eigenvalue weighted by atomic mass is 16.5. The summed E-state index contributed by atoms with van der Waals surface area (Å²) in [6.45, 7) is 0.187. The van der Waals surface area contributed by atoms with Gasteiger partial charge in [0.2, 0.25) is 5.75 Å². The molecule has 1 heterocycles. The standard InChI is InChI=1S/C19H20O7/c1-23-13-7-10(4-5-12(13)20)6-11-9-26-14-8-15(24-2)18(22)19(25-3)16(14)17(11)21/h4-5,7-8,11,20,22H,6,9H2,1-3H3/t11-/m1/s1. The maximum Gasteiger partial charge on any atom is 0.201 e. The molecule has 0 bridgehead atoms. The van der Waals surface area contributed by atoms with Crippen molar-refractivity contribution in [2.45, 2.75) is 6.42 Å². The summed E-state index contributed by atoms with van der Waals surface area (Å²) in [5, 5.41) is 19.9. The molecule has 0 saturated carbocycles. The molecular weight excluding hydrogens is 340 g/mol. The number of phenolic OH excluding ortho intramolecular Hbond substituents is 2. The molecule has 1 atom stereocenters. The highest BCUT2D eigenvalue weighted by molar-refractivity contribution is 6.05. The Morgan fingerprint density at radius 2 is 1.81 bits per heavy atom. The Kier molecular flexibility index (Phi) is 4.79. The number of aromatic hydroxyl groups is 2. The molecule has 0 saturated heterocycles. The molecule has 0 fully saturated rings. The summed E-state index contributed by atoms with van der Waals surface area (Å²) in [6.07, 6.45) is 0.394. The zero-order chi connectivity index (χ0) is 18.8. The fourth-order valence-electron chi connectivity index (χ4n) is 3.06. The summed E-state index contributed by atoms with van der Waals surface area (Å²) >= 11 is 0. The van der Waals surface area contributed by atoms with Gasteiger partial charge in [-0.25, -0.2) is 0 Å². The number of benzene rings is 2. The number of hydrogen-bond acceptors (Lipinski definition) is 7. The molecule has 0 aromatic heterocycles. The van der Waals surface area contributed by atoms with Crippen LogP contribution in [0.1, 0.15) is 15.9 Å². The summed E-state index contributed by atoms with van der Waals surface area (Å²) < 4.78 is 21.1. The Morgan fingerprint density at radius 1 is 1.08 bits per heavy atom. The highest BCUT2D eigenvalue weighted by Gasteiger charge is 2.35. The minimum Gasteiger partial charge on any atom is -0.504 e. The quantitative estimate of drug-likeness (QED) is 0.846. The van der Waals surface area contributed by atoms with Crippen molar-refractivity contribution in [3.63, 3.8) is 0 Å². The van der Waals surface area contributed by atoms with Crippen LogP contribution in [0.5, 0.6) is 34.5 Å². The Labute approximate surface area is 150 Å². The lowest BCUT2D eigenvalue weighted by Gasteiger charge is -2.26. The summed E-state index contributed by atoms with van der Waals surface area (Å²) in [5.74, 6) is 0.0243. The summed E-state index contributed by atoms with van der Waals surface area (Å²) in [7, 11) is 4.24. The lowest BCUT2D eigenvalue weighted by atomic mass is 9.88. The van der Waals surface area contributed by atoms with Crippen molar-refractivity contribution >= 4 is 5.78 Å². The monoisotopic (exact) mass is 360 g/mol. The Bertz CT molecular complexity index is 844. The minimum atomic E-state index is -0.460. The van der Waals surface area contributed by atoms with Crippen molar-refractivity contribution in [2.75, 3.05) is 27.9 Å². The molecule has 0 spiro atoms. The predicted molar refractivity (Wildman–Crippen MR) is 92.9 cm³/mol. The van der Waals surface area contributed by atoms with Crippen molar-refractivity contribution in [2.24, 2.45) is 5.92 Å². The van der Waals surface area contributed by atoms with Gasteiger partial charge in [-0.15, -0.1) is 0 Å². The third-order valence-corrected chi connectivity index (χ3v) is 4.39. The molecule has 1 aliphatic rings. The van der Waals surface area contributed by atoms with E-state index in [4.69, 9.17) is 18.9 Å². The molecule has 2 aromatic rings. The van der Waals surface area contributed by atoms with E-state index in [-0.39, 0.29) is 41.0 Å². The smallest absolute Gasteiger partial charge is 0.201 e. The maximum absolute atomic E-state index is 13.0. The number of fused-ring (bicyclic) bond motifs is 1. The molecule has 3 rings (SSSR count). The van der Waals surface area contributed by atoms with Gasteiger partial charge in [0.1, 0.15) is 11.3 Å². The average Bonchev–Trinajstić information content (AvgIpc) is 2.65. The fraction of sp³-hybridized carbons (Fsp3) is 0.316. The summed E-state index contributed by atoms with van der Waals surface area (Å²) in [5.41, 5.74) is 1.02. The van der Waals surface area contributed by atoms with Crippen molar-refractivity contribution in [3.8, 4) is 34.5 Å². The van der Waals surface area contributed by atoms with Crippen LogP contribution in [0.15, 0.2) is 24.3 Å². The minimum absolute atomic E-state index is 0.0338. The topological polar surface area (TPSA) is 94.5 Å². The van der Waals surface area contributed by atoms with Gasteiger partial charge in [-0.2, -0.15) is 0 Å². The third-order valence-electron chi connectivity index (χ3n) is 4.39. The molecule has 7 nitrogen and oxygen atoms in total. The molecule has 0 aliphatic carbocycles. The van der Waals surface area contributed by atoms with Gasteiger partial charge in [0, 0.05) is 6.07 Å². The first kappa shape index (κ1) is 17.7. The lowest BCUT2D eigenvalue weighted by Crippen LogP contribution is -2.30. The second-order valence-electron chi connectivity index (χ2n) is 5.92. The van der Waals surface area contributed by atoms with E-state index in [0.29, 0.717) is 17.9 Å².